The van der Waals surface area contributed by atoms with E-state index in [1.165, 1.54) is 0 Å². The van der Waals surface area contributed by atoms with E-state index >= 15 is 0 Å². The highest BCUT2D eigenvalue weighted by Crippen LogP contribution is 2.44. The summed E-state index contributed by atoms with van der Waals surface area (Å²) in [6.07, 6.45) is 0. The molecule has 0 saturated heterocycles. The van der Waals surface area contributed by atoms with E-state index in [1.54, 1.807) is 0 Å². The molecule has 9 aromatic rings. The van der Waals surface area contributed by atoms with E-state index < -0.39 is 0 Å². The molecule has 0 aliphatic heterocycles. The summed E-state index contributed by atoms with van der Waals surface area (Å²) in [5.41, 5.74) is 7.99. The first-order valence-corrected chi connectivity index (χ1v) is 15.1. The molecule has 9 rings (SSSR count). The molecule has 0 amide bonds. The molecule has 1 aromatic heterocycles. The molecule has 0 atom stereocenters. The Morgan fingerprint density at radius 2 is 0.844 bits per heavy atom. The summed E-state index contributed by atoms with van der Waals surface area (Å²) < 4.78 is 42.9. The topological polar surface area (TPSA) is 13.1 Å². The van der Waals surface area contributed by atoms with Gasteiger partial charge in [0.1, 0.15) is 11.2 Å². The first kappa shape index (κ1) is 21.7. The second-order valence-electron chi connectivity index (χ2n) is 11.3. The van der Waals surface area contributed by atoms with Crippen LogP contribution in [0.15, 0.2) is 174 Å². The Hall–Kier alpha value is -5.92. The summed E-state index contributed by atoms with van der Waals surface area (Å²) in [6, 6.07) is 48.3. The normalized spacial score (nSPS) is 12.8. The highest BCUT2D eigenvalue weighted by atomic mass is 16.3. The van der Waals surface area contributed by atoms with Gasteiger partial charge in [0.25, 0.3) is 0 Å². The Morgan fingerprint density at radius 3 is 1.53 bits per heavy atom. The van der Waals surface area contributed by atoms with Crippen LogP contribution in [-0.2, 0) is 0 Å². The molecule has 0 radical (unpaired) electrons. The number of rotatable bonds is 4. The summed E-state index contributed by atoms with van der Waals surface area (Å²) in [7, 11) is 0. The van der Waals surface area contributed by atoms with Crippen LogP contribution in [-0.4, -0.2) is 0 Å². The van der Waals surface area contributed by atoms with Gasteiger partial charge in [0.2, 0.25) is 0 Å². The maximum absolute atomic E-state index is 9.66. The fourth-order valence-electron chi connectivity index (χ4n) is 6.66. The highest BCUT2D eigenvalue weighted by molar-refractivity contribution is 6.21. The van der Waals surface area contributed by atoms with Gasteiger partial charge < -0.3 is 4.42 Å². The van der Waals surface area contributed by atoms with Crippen LogP contribution in [0, 0.1) is 0 Å². The van der Waals surface area contributed by atoms with Crippen molar-refractivity contribution in [3.63, 3.8) is 0 Å². The first-order valence-electron chi connectivity index (χ1n) is 17.1. The molecule has 0 bridgehead atoms. The number of para-hydroxylation sites is 1. The van der Waals surface area contributed by atoms with E-state index in [-0.39, 0.29) is 24.2 Å². The maximum atomic E-state index is 9.66. The van der Waals surface area contributed by atoms with Crippen molar-refractivity contribution in [1.82, 2.24) is 0 Å². The van der Waals surface area contributed by atoms with Gasteiger partial charge in [0, 0.05) is 10.8 Å². The molecule has 0 N–H and O–H groups in total. The van der Waals surface area contributed by atoms with Crippen molar-refractivity contribution >= 4 is 43.5 Å². The Morgan fingerprint density at radius 1 is 0.356 bits per heavy atom. The Balaban J connectivity index is 1.31. The standard InChI is InChI=1S/C44H28O/c1-2-11-29(12-3-1)30-21-23-31(24-22-30)43-36-16-4-6-18-38(36)44(39-19-7-5-17-37(39)43)34-14-10-13-32(27-34)33-25-26-42-40(28-33)35-15-8-9-20-41(35)45-42/h1-28H/i10D,13D,14D,27D. The van der Waals surface area contributed by atoms with Crippen LogP contribution in [0.2, 0.25) is 0 Å². The predicted octanol–water partition coefficient (Wildman–Crippen LogP) is 12.6. The van der Waals surface area contributed by atoms with Crippen LogP contribution in [0.4, 0.5) is 0 Å². The lowest BCUT2D eigenvalue weighted by atomic mass is 9.85. The Labute approximate surface area is 267 Å². The minimum Gasteiger partial charge on any atom is -0.456 e. The molecule has 1 nitrogen and oxygen atoms in total. The third-order valence-electron chi connectivity index (χ3n) is 8.75. The zero-order valence-corrected chi connectivity index (χ0v) is 24.3. The van der Waals surface area contributed by atoms with Crippen LogP contribution >= 0.6 is 0 Å². The lowest BCUT2D eigenvalue weighted by molar-refractivity contribution is 0.669. The average Bonchev–Trinajstić information content (AvgIpc) is 3.52. The summed E-state index contributed by atoms with van der Waals surface area (Å²) in [5.74, 6) is 0. The summed E-state index contributed by atoms with van der Waals surface area (Å²) >= 11 is 0. The molecule has 0 saturated carbocycles. The van der Waals surface area contributed by atoms with Crippen LogP contribution in [0.25, 0.3) is 88.0 Å². The molecule has 0 aliphatic carbocycles. The van der Waals surface area contributed by atoms with Crippen LogP contribution in [0.1, 0.15) is 5.48 Å². The number of benzene rings is 8. The maximum Gasteiger partial charge on any atom is 0.135 e. The minimum atomic E-state index is -0.202. The number of furan rings is 1. The van der Waals surface area contributed by atoms with Crippen molar-refractivity contribution in [3.05, 3.63) is 170 Å². The van der Waals surface area contributed by atoms with Crippen molar-refractivity contribution < 1.29 is 9.90 Å². The van der Waals surface area contributed by atoms with Crippen LogP contribution in [0.5, 0.6) is 0 Å². The lowest BCUT2D eigenvalue weighted by Crippen LogP contribution is -1.91. The van der Waals surface area contributed by atoms with Crippen LogP contribution < -0.4 is 0 Å². The Kier molecular flexibility index (Phi) is 5.00. The van der Waals surface area contributed by atoms with Gasteiger partial charge in [-0.15, -0.1) is 0 Å². The van der Waals surface area contributed by atoms with E-state index in [0.29, 0.717) is 16.7 Å². The summed E-state index contributed by atoms with van der Waals surface area (Å²) in [5, 5.41) is 5.61. The molecule has 0 fully saturated rings. The second kappa shape index (κ2) is 10.4. The molecule has 45 heavy (non-hydrogen) atoms. The van der Waals surface area contributed by atoms with Gasteiger partial charge in [-0.1, -0.05) is 146 Å². The quantitative estimate of drug-likeness (QED) is 0.190. The number of hydrogen-bond acceptors (Lipinski definition) is 1. The molecule has 0 spiro atoms. The largest absolute Gasteiger partial charge is 0.456 e. The predicted molar refractivity (Wildman–Crippen MR) is 190 cm³/mol. The van der Waals surface area contributed by atoms with Gasteiger partial charge in [-0.2, -0.15) is 0 Å². The molecule has 1 heterocycles. The zero-order valence-electron chi connectivity index (χ0n) is 28.3. The van der Waals surface area contributed by atoms with Gasteiger partial charge in [-0.05, 0) is 90.3 Å². The van der Waals surface area contributed by atoms with E-state index in [4.69, 9.17) is 7.16 Å². The van der Waals surface area contributed by atoms with Gasteiger partial charge in [-0.3, -0.25) is 0 Å². The SMILES string of the molecule is [2H]c1c([2H])c(-c2ccc3oc4ccccc4c3c2)c([2H])c(-c2c3ccccc3c(-c3ccc(-c4ccccc4)cc3)c3ccccc23)c1[2H]. The van der Waals surface area contributed by atoms with E-state index in [0.717, 1.165) is 71.3 Å². The van der Waals surface area contributed by atoms with E-state index in [2.05, 4.69) is 48.5 Å². The van der Waals surface area contributed by atoms with Crippen LogP contribution in [0.3, 0.4) is 0 Å². The lowest BCUT2D eigenvalue weighted by Gasteiger charge is -2.18. The van der Waals surface area contributed by atoms with E-state index in [1.807, 2.05) is 97.1 Å². The zero-order chi connectivity index (χ0) is 33.2. The molecule has 210 valence electrons. The average molecular weight is 577 g/mol. The fraction of sp³-hybridized carbons (Fsp3) is 0. The molecular weight excluding hydrogens is 544 g/mol. The molecule has 0 unspecified atom stereocenters. The first-order chi connectivity index (χ1) is 24.0. The van der Waals surface area contributed by atoms with Crippen molar-refractivity contribution in [2.24, 2.45) is 0 Å². The highest BCUT2D eigenvalue weighted by Gasteiger charge is 2.17. The smallest absolute Gasteiger partial charge is 0.135 e. The molecule has 8 aromatic carbocycles. The summed E-state index contributed by atoms with van der Waals surface area (Å²) in [4.78, 5) is 0. The van der Waals surface area contributed by atoms with Gasteiger partial charge in [0.05, 0.1) is 5.48 Å². The Bertz CT molecular complexity index is 2690. The fourth-order valence-corrected chi connectivity index (χ4v) is 6.66. The number of hydrogen-bond donors (Lipinski definition) is 0. The van der Waals surface area contributed by atoms with Crippen molar-refractivity contribution in [2.75, 3.05) is 0 Å². The van der Waals surface area contributed by atoms with Gasteiger partial charge in [0.15, 0.2) is 0 Å². The van der Waals surface area contributed by atoms with Crippen molar-refractivity contribution in [3.8, 4) is 44.5 Å². The minimum absolute atomic E-state index is 0.0634. The summed E-state index contributed by atoms with van der Waals surface area (Å²) in [6.45, 7) is 0. The van der Waals surface area contributed by atoms with E-state index in [9.17, 15) is 2.74 Å². The van der Waals surface area contributed by atoms with Gasteiger partial charge >= 0.3 is 0 Å². The third-order valence-corrected chi connectivity index (χ3v) is 8.75. The molecule has 0 aliphatic rings. The monoisotopic (exact) mass is 576 g/mol. The van der Waals surface area contributed by atoms with Gasteiger partial charge in [-0.25, -0.2) is 0 Å². The van der Waals surface area contributed by atoms with Crippen molar-refractivity contribution in [1.29, 1.82) is 0 Å². The second-order valence-corrected chi connectivity index (χ2v) is 11.3. The third kappa shape index (κ3) is 4.24. The number of fused-ring (bicyclic) bond motifs is 5. The van der Waals surface area contributed by atoms with Crippen molar-refractivity contribution in [2.45, 2.75) is 0 Å². The molecular formula is C44H28O. The molecule has 1 heteroatoms.